The van der Waals surface area contributed by atoms with Crippen LogP contribution in [0.15, 0.2) is 0 Å². The Balaban J connectivity index is 3.75. The Bertz CT molecular complexity index is 123. The van der Waals surface area contributed by atoms with E-state index >= 15 is 0 Å². The molecule has 0 rings (SSSR count). The zero-order valence-corrected chi connectivity index (χ0v) is 8.90. The van der Waals surface area contributed by atoms with Crippen molar-refractivity contribution in [2.75, 3.05) is 0 Å². The number of alkyl halides is 2. The average molecular weight is 274 g/mol. The van der Waals surface area contributed by atoms with E-state index in [-0.39, 0.29) is 0 Å². The first-order chi connectivity index (χ1) is 4.50. The van der Waals surface area contributed by atoms with Gasteiger partial charge < -0.3 is 5.11 Å². The molecule has 4 heteroatoms. The first-order valence-electron chi connectivity index (χ1n) is 3.12. The fourth-order valence-corrected chi connectivity index (χ4v) is 1.07. The molecule has 10 heavy (non-hydrogen) atoms. The first-order valence-corrected chi connectivity index (χ1v) is 4.70. The quantitative estimate of drug-likeness (QED) is 0.800. The Labute approximate surface area is 77.3 Å². The van der Waals surface area contributed by atoms with Crippen molar-refractivity contribution < 1.29 is 9.90 Å². The van der Waals surface area contributed by atoms with Crippen molar-refractivity contribution in [2.24, 2.45) is 0 Å². The lowest BCUT2D eigenvalue weighted by Gasteiger charge is -2.13. The van der Waals surface area contributed by atoms with Crippen LogP contribution in [0.5, 0.6) is 0 Å². The molecule has 0 amide bonds. The molecule has 0 spiro atoms. The van der Waals surface area contributed by atoms with Gasteiger partial charge >= 0.3 is 5.97 Å². The van der Waals surface area contributed by atoms with E-state index in [0.717, 1.165) is 12.8 Å². The third-order valence-electron chi connectivity index (χ3n) is 1.16. The molecule has 0 aliphatic rings. The summed E-state index contributed by atoms with van der Waals surface area (Å²) in [7, 11) is 0. The summed E-state index contributed by atoms with van der Waals surface area (Å²) >= 11 is 6.13. The molecule has 0 atom stereocenters. The lowest BCUT2D eigenvalue weighted by Crippen LogP contribution is -2.23. The first kappa shape index (κ1) is 10.4. The summed E-state index contributed by atoms with van der Waals surface area (Å²) in [6.45, 7) is 2.03. The molecule has 0 radical (unpaired) electrons. The van der Waals surface area contributed by atoms with Crippen LogP contribution in [0.25, 0.3) is 0 Å². The van der Waals surface area contributed by atoms with Gasteiger partial charge in [0.1, 0.15) is 0 Å². The molecule has 0 unspecified atom stereocenters. The molecular formula is C6H10Br2O2. The number of carbonyl (C=O) groups is 1. The summed E-state index contributed by atoms with van der Waals surface area (Å²) in [4.78, 5) is 10.4. The van der Waals surface area contributed by atoms with Crippen LogP contribution in [0.4, 0.5) is 0 Å². The lowest BCUT2D eigenvalue weighted by molar-refractivity contribution is -0.137. The minimum Gasteiger partial charge on any atom is -0.480 e. The number of carboxylic acid groups (broad SMARTS) is 1. The van der Waals surface area contributed by atoms with Crippen molar-refractivity contribution in [3.63, 3.8) is 0 Å². The number of unbranched alkanes of at least 4 members (excludes halogenated alkanes) is 1. The molecule has 0 aromatic heterocycles. The van der Waals surface area contributed by atoms with Gasteiger partial charge in [-0.15, -0.1) is 0 Å². The van der Waals surface area contributed by atoms with Crippen molar-refractivity contribution in [1.82, 2.24) is 0 Å². The van der Waals surface area contributed by atoms with Gasteiger partial charge in [0.25, 0.3) is 0 Å². The number of aliphatic carboxylic acids is 1. The molecular weight excluding hydrogens is 264 g/mol. The van der Waals surface area contributed by atoms with Crippen LogP contribution >= 0.6 is 31.9 Å². The van der Waals surface area contributed by atoms with Gasteiger partial charge in [-0.3, -0.25) is 0 Å². The topological polar surface area (TPSA) is 37.3 Å². The molecule has 60 valence electrons. The standard InChI is InChI=1S/C6H10Br2O2/c1-2-3-4-6(7,8)5(9)10/h2-4H2,1H3,(H,9,10). The minimum atomic E-state index is -0.907. The summed E-state index contributed by atoms with van der Waals surface area (Å²) in [6.07, 6.45) is 2.52. The lowest BCUT2D eigenvalue weighted by atomic mass is 10.2. The molecule has 0 aliphatic carbocycles. The number of hydrogen-bond donors (Lipinski definition) is 1. The molecule has 0 saturated carbocycles. The van der Waals surface area contributed by atoms with Crippen molar-refractivity contribution in [2.45, 2.75) is 29.4 Å². The van der Waals surface area contributed by atoms with Crippen molar-refractivity contribution in [1.29, 1.82) is 0 Å². The highest BCUT2D eigenvalue weighted by Gasteiger charge is 2.30. The van der Waals surface area contributed by atoms with Crippen molar-refractivity contribution in [3.8, 4) is 0 Å². The van der Waals surface area contributed by atoms with Gasteiger partial charge in [-0.1, -0.05) is 51.6 Å². The van der Waals surface area contributed by atoms with Crippen LogP contribution in [0, 0.1) is 0 Å². The van der Waals surface area contributed by atoms with Crippen LogP contribution < -0.4 is 0 Å². The predicted octanol–water partition coefficient (Wildman–Crippen LogP) is 2.75. The fraction of sp³-hybridized carbons (Fsp3) is 0.833. The zero-order valence-electron chi connectivity index (χ0n) is 5.73. The summed E-state index contributed by atoms with van der Waals surface area (Å²) in [6, 6.07) is 0. The molecule has 1 N–H and O–H groups in total. The maximum Gasteiger partial charge on any atom is 0.331 e. The highest BCUT2D eigenvalue weighted by molar-refractivity contribution is 9.25. The third kappa shape index (κ3) is 3.56. The highest BCUT2D eigenvalue weighted by Crippen LogP contribution is 2.32. The second-order valence-electron chi connectivity index (χ2n) is 2.11. The summed E-state index contributed by atoms with van der Waals surface area (Å²) in [5.41, 5.74) is 0. The van der Waals surface area contributed by atoms with E-state index in [0.29, 0.717) is 6.42 Å². The van der Waals surface area contributed by atoms with Crippen molar-refractivity contribution in [3.05, 3.63) is 0 Å². The van der Waals surface area contributed by atoms with Crippen LogP contribution in [0.2, 0.25) is 0 Å². The number of rotatable bonds is 4. The highest BCUT2D eigenvalue weighted by atomic mass is 79.9. The molecule has 0 aromatic carbocycles. The molecule has 0 heterocycles. The van der Waals surface area contributed by atoms with Gasteiger partial charge in [-0.05, 0) is 6.42 Å². The third-order valence-corrected chi connectivity index (χ3v) is 2.63. The second-order valence-corrected chi connectivity index (χ2v) is 5.88. The Morgan fingerprint density at radius 1 is 1.60 bits per heavy atom. The van der Waals surface area contributed by atoms with E-state index in [1.165, 1.54) is 0 Å². The zero-order chi connectivity index (χ0) is 8.20. The Hall–Kier alpha value is 0.430. The second kappa shape index (κ2) is 4.34. The molecule has 0 bridgehead atoms. The monoisotopic (exact) mass is 272 g/mol. The fourth-order valence-electron chi connectivity index (χ4n) is 0.506. The number of carboxylic acids is 1. The molecule has 0 saturated heterocycles. The van der Waals surface area contributed by atoms with E-state index in [4.69, 9.17) is 5.11 Å². The summed E-state index contributed by atoms with van der Waals surface area (Å²) in [5, 5.41) is 8.57. The predicted molar refractivity (Wildman–Crippen MR) is 47.7 cm³/mol. The molecule has 0 aromatic rings. The molecule has 2 nitrogen and oxygen atoms in total. The van der Waals surface area contributed by atoms with Gasteiger partial charge in [0.15, 0.2) is 3.23 Å². The maximum atomic E-state index is 10.4. The molecule has 0 aliphatic heterocycles. The summed E-state index contributed by atoms with van der Waals surface area (Å²) < 4.78 is -0.907. The van der Waals surface area contributed by atoms with E-state index in [1.54, 1.807) is 0 Å². The van der Waals surface area contributed by atoms with Gasteiger partial charge in [-0.2, -0.15) is 0 Å². The number of halogens is 2. The van der Waals surface area contributed by atoms with E-state index in [9.17, 15) is 4.79 Å². The van der Waals surface area contributed by atoms with Crippen LogP contribution in [-0.4, -0.2) is 14.3 Å². The smallest absolute Gasteiger partial charge is 0.331 e. The van der Waals surface area contributed by atoms with Gasteiger partial charge in [0.05, 0.1) is 0 Å². The Morgan fingerprint density at radius 3 is 2.40 bits per heavy atom. The van der Waals surface area contributed by atoms with Gasteiger partial charge in [0, 0.05) is 0 Å². The normalized spacial score (nSPS) is 11.5. The van der Waals surface area contributed by atoms with Crippen LogP contribution in [0.3, 0.4) is 0 Å². The average Bonchev–Trinajstić information content (AvgIpc) is 1.84. The summed E-state index contributed by atoms with van der Waals surface area (Å²) in [5.74, 6) is -0.860. The van der Waals surface area contributed by atoms with Gasteiger partial charge in [0.2, 0.25) is 0 Å². The maximum absolute atomic E-state index is 10.4. The van der Waals surface area contributed by atoms with E-state index in [1.807, 2.05) is 6.92 Å². The van der Waals surface area contributed by atoms with Gasteiger partial charge in [-0.25, -0.2) is 4.79 Å². The molecule has 0 fully saturated rings. The minimum absolute atomic E-state index is 0.610. The number of hydrogen-bond acceptors (Lipinski definition) is 1. The van der Waals surface area contributed by atoms with Crippen LogP contribution in [0.1, 0.15) is 26.2 Å². The Morgan fingerprint density at radius 2 is 2.10 bits per heavy atom. The van der Waals surface area contributed by atoms with Crippen LogP contribution in [-0.2, 0) is 4.79 Å². The van der Waals surface area contributed by atoms with Crippen molar-refractivity contribution >= 4 is 37.8 Å². The Kier molecular flexibility index (Phi) is 4.52. The SMILES string of the molecule is CCCCC(Br)(Br)C(=O)O. The largest absolute Gasteiger partial charge is 0.480 e. The van der Waals surface area contributed by atoms with E-state index < -0.39 is 9.20 Å². The van der Waals surface area contributed by atoms with E-state index in [2.05, 4.69) is 31.9 Å².